The summed E-state index contributed by atoms with van der Waals surface area (Å²) in [6.07, 6.45) is 1.93. The Balaban J connectivity index is 1.29. The lowest BCUT2D eigenvalue weighted by Crippen LogP contribution is -2.52. The number of aliphatic hydroxyl groups excluding tert-OH is 1. The minimum atomic E-state index is -0.437. The molecule has 2 atom stereocenters. The smallest absolute Gasteiger partial charge is 0.229 e. The van der Waals surface area contributed by atoms with Crippen LogP contribution in [-0.4, -0.2) is 57.3 Å². The Morgan fingerprint density at radius 3 is 2.76 bits per heavy atom. The predicted octanol–water partition coefficient (Wildman–Crippen LogP) is 2.19. The number of piperazine rings is 1. The van der Waals surface area contributed by atoms with E-state index in [9.17, 15) is 5.11 Å². The normalized spacial score (nSPS) is 23.7. The summed E-state index contributed by atoms with van der Waals surface area (Å²) in [7, 11) is 0. The number of aromatic nitrogens is 2. The van der Waals surface area contributed by atoms with Crippen molar-refractivity contribution in [3.05, 3.63) is 47.6 Å². The fourth-order valence-electron chi connectivity index (χ4n) is 3.52. The standard InChI is InChI=1S/C19H26N4O2/c1-14-11-22(13-18-20-19(25-21-18)16-7-8-16)9-10-23(14)12-17(24)15-5-3-2-4-6-15/h2-6,14,16-17,24H,7-13H2,1H3/t14-,17-/m0/s1. The summed E-state index contributed by atoms with van der Waals surface area (Å²) in [4.78, 5) is 9.26. The molecule has 1 saturated carbocycles. The number of β-amino-alcohol motifs (C(OH)–C–C–N with tert-alkyl or cyclic N) is 1. The molecule has 4 rings (SSSR count). The molecule has 1 aliphatic carbocycles. The van der Waals surface area contributed by atoms with Crippen LogP contribution in [-0.2, 0) is 6.54 Å². The summed E-state index contributed by atoms with van der Waals surface area (Å²) in [5.41, 5.74) is 0.983. The molecule has 1 saturated heterocycles. The summed E-state index contributed by atoms with van der Waals surface area (Å²) in [6, 6.07) is 10.3. The van der Waals surface area contributed by atoms with Gasteiger partial charge in [-0.2, -0.15) is 4.98 Å². The maximum atomic E-state index is 10.5. The zero-order chi connectivity index (χ0) is 17.2. The van der Waals surface area contributed by atoms with Crippen LogP contribution in [0.15, 0.2) is 34.9 Å². The SMILES string of the molecule is C[C@H]1CN(Cc2noc(C3CC3)n2)CCN1C[C@H](O)c1ccccc1. The maximum absolute atomic E-state index is 10.5. The third kappa shape index (κ3) is 4.08. The van der Waals surface area contributed by atoms with Crippen molar-refractivity contribution in [1.82, 2.24) is 19.9 Å². The van der Waals surface area contributed by atoms with Crippen LogP contribution in [0.25, 0.3) is 0 Å². The molecule has 1 aromatic heterocycles. The molecular formula is C19H26N4O2. The topological polar surface area (TPSA) is 65.6 Å². The second-order valence-electron chi connectivity index (χ2n) is 7.33. The Hall–Kier alpha value is -1.76. The van der Waals surface area contributed by atoms with Crippen LogP contribution >= 0.6 is 0 Å². The van der Waals surface area contributed by atoms with E-state index in [4.69, 9.17) is 4.52 Å². The van der Waals surface area contributed by atoms with Crippen LogP contribution in [0.3, 0.4) is 0 Å². The average molecular weight is 342 g/mol. The van der Waals surface area contributed by atoms with Crippen LogP contribution in [0.2, 0.25) is 0 Å². The average Bonchev–Trinajstić information content (AvgIpc) is 3.38. The molecule has 134 valence electrons. The first-order valence-electron chi connectivity index (χ1n) is 9.21. The van der Waals surface area contributed by atoms with Gasteiger partial charge in [0.1, 0.15) is 0 Å². The summed E-state index contributed by atoms with van der Waals surface area (Å²) in [5, 5.41) is 14.6. The van der Waals surface area contributed by atoms with Gasteiger partial charge < -0.3 is 9.63 Å². The first-order chi connectivity index (χ1) is 12.2. The second-order valence-corrected chi connectivity index (χ2v) is 7.33. The third-order valence-corrected chi connectivity index (χ3v) is 5.22. The molecular weight excluding hydrogens is 316 g/mol. The van der Waals surface area contributed by atoms with Crippen molar-refractivity contribution in [2.45, 2.75) is 44.4 Å². The van der Waals surface area contributed by atoms with Gasteiger partial charge in [0.15, 0.2) is 5.82 Å². The Morgan fingerprint density at radius 2 is 2.04 bits per heavy atom. The number of benzene rings is 1. The number of hydrogen-bond donors (Lipinski definition) is 1. The molecule has 6 heteroatoms. The van der Waals surface area contributed by atoms with Crippen LogP contribution in [0.4, 0.5) is 0 Å². The van der Waals surface area contributed by atoms with Gasteiger partial charge in [-0.25, -0.2) is 0 Å². The Kier molecular flexibility index (Phi) is 4.83. The molecule has 0 spiro atoms. The van der Waals surface area contributed by atoms with Crippen molar-refractivity contribution in [1.29, 1.82) is 0 Å². The first kappa shape index (κ1) is 16.7. The number of hydrogen-bond acceptors (Lipinski definition) is 6. The van der Waals surface area contributed by atoms with E-state index in [-0.39, 0.29) is 0 Å². The number of nitrogens with zero attached hydrogens (tertiary/aromatic N) is 4. The fourth-order valence-corrected chi connectivity index (χ4v) is 3.52. The molecule has 1 aliphatic heterocycles. The van der Waals surface area contributed by atoms with Crippen molar-refractivity contribution in [3.63, 3.8) is 0 Å². The van der Waals surface area contributed by atoms with Crippen molar-refractivity contribution in [3.8, 4) is 0 Å². The molecule has 25 heavy (non-hydrogen) atoms. The third-order valence-electron chi connectivity index (χ3n) is 5.22. The van der Waals surface area contributed by atoms with Crippen LogP contribution < -0.4 is 0 Å². The van der Waals surface area contributed by atoms with E-state index < -0.39 is 6.10 Å². The van der Waals surface area contributed by atoms with Crippen molar-refractivity contribution in [2.24, 2.45) is 0 Å². The molecule has 0 amide bonds. The van der Waals surface area contributed by atoms with Crippen LogP contribution in [0.5, 0.6) is 0 Å². The molecule has 0 bridgehead atoms. The van der Waals surface area contributed by atoms with E-state index >= 15 is 0 Å². The largest absolute Gasteiger partial charge is 0.387 e. The van der Waals surface area contributed by atoms with Crippen LogP contribution in [0, 0.1) is 0 Å². The summed E-state index contributed by atoms with van der Waals surface area (Å²) >= 11 is 0. The van der Waals surface area contributed by atoms with E-state index in [1.165, 1.54) is 12.8 Å². The lowest BCUT2D eigenvalue weighted by atomic mass is 10.1. The van der Waals surface area contributed by atoms with E-state index in [0.717, 1.165) is 43.5 Å². The number of rotatable bonds is 6. The van der Waals surface area contributed by atoms with Gasteiger partial charge >= 0.3 is 0 Å². The van der Waals surface area contributed by atoms with Crippen molar-refractivity contribution < 1.29 is 9.63 Å². The Labute approximate surface area is 148 Å². The number of aliphatic hydroxyl groups is 1. The van der Waals surface area contributed by atoms with Gasteiger partial charge in [-0.3, -0.25) is 9.80 Å². The van der Waals surface area contributed by atoms with Gasteiger partial charge in [-0.15, -0.1) is 0 Å². The van der Waals surface area contributed by atoms with Gasteiger partial charge in [0, 0.05) is 38.1 Å². The van der Waals surface area contributed by atoms with Gasteiger partial charge in [0.25, 0.3) is 0 Å². The summed E-state index contributed by atoms with van der Waals surface area (Å²) in [6.45, 7) is 6.49. The van der Waals surface area contributed by atoms with E-state index in [0.29, 0.717) is 18.5 Å². The van der Waals surface area contributed by atoms with Crippen molar-refractivity contribution >= 4 is 0 Å². The molecule has 6 nitrogen and oxygen atoms in total. The highest BCUT2D eigenvalue weighted by Gasteiger charge is 2.31. The second kappa shape index (κ2) is 7.23. The van der Waals surface area contributed by atoms with E-state index in [2.05, 4.69) is 26.9 Å². The molecule has 2 aromatic rings. The van der Waals surface area contributed by atoms with Gasteiger partial charge in [0.2, 0.25) is 5.89 Å². The Morgan fingerprint density at radius 1 is 1.24 bits per heavy atom. The highest BCUT2D eigenvalue weighted by molar-refractivity contribution is 5.17. The zero-order valence-corrected chi connectivity index (χ0v) is 14.7. The van der Waals surface area contributed by atoms with E-state index in [1.807, 2.05) is 30.3 Å². The van der Waals surface area contributed by atoms with E-state index in [1.54, 1.807) is 0 Å². The maximum Gasteiger partial charge on any atom is 0.229 e. The Bertz CT molecular complexity index is 686. The summed E-state index contributed by atoms with van der Waals surface area (Å²) < 4.78 is 5.35. The highest BCUT2D eigenvalue weighted by atomic mass is 16.5. The zero-order valence-electron chi connectivity index (χ0n) is 14.7. The molecule has 0 unspecified atom stereocenters. The quantitative estimate of drug-likeness (QED) is 0.868. The molecule has 0 radical (unpaired) electrons. The molecule has 2 heterocycles. The summed E-state index contributed by atoms with van der Waals surface area (Å²) in [5.74, 6) is 2.12. The predicted molar refractivity (Wildman–Crippen MR) is 94.0 cm³/mol. The van der Waals surface area contributed by atoms with Gasteiger partial charge in [0.05, 0.1) is 12.6 Å². The molecule has 2 fully saturated rings. The monoisotopic (exact) mass is 342 g/mol. The van der Waals surface area contributed by atoms with Gasteiger partial charge in [-0.05, 0) is 25.3 Å². The molecule has 1 aromatic carbocycles. The first-order valence-corrected chi connectivity index (χ1v) is 9.21. The van der Waals surface area contributed by atoms with Crippen molar-refractivity contribution in [2.75, 3.05) is 26.2 Å². The highest BCUT2D eigenvalue weighted by Crippen LogP contribution is 2.38. The molecule has 2 aliphatic rings. The fraction of sp³-hybridized carbons (Fsp3) is 0.579. The minimum absolute atomic E-state index is 0.391. The minimum Gasteiger partial charge on any atom is -0.387 e. The lowest BCUT2D eigenvalue weighted by molar-refractivity contribution is 0.0351. The van der Waals surface area contributed by atoms with Gasteiger partial charge in [-0.1, -0.05) is 35.5 Å². The molecule has 1 N–H and O–H groups in total. The lowest BCUT2D eigenvalue weighted by Gasteiger charge is -2.40. The van der Waals surface area contributed by atoms with Crippen LogP contribution in [0.1, 0.15) is 49.1 Å².